The van der Waals surface area contributed by atoms with E-state index in [9.17, 15) is 0 Å². The summed E-state index contributed by atoms with van der Waals surface area (Å²) >= 11 is 7.07. The third kappa shape index (κ3) is 3.01. The van der Waals surface area contributed by atoms with Gasteiger partial charge in [-0.2, -0.15) is 0 Å². The maximum Gasteiger partial charge on any atom is 0.143 e. The molecule has 17 heavy (non-hydrogen) atoms. The number of nitrogens with zero attached hydrogens (tertiary/aromatic N) is 2. The highest BCUT2D eigenvalue weighted by Crippen LogP contribution is 2.28. The summed E-state index contributed by atoms with van der Waals surface area (Å²) in [5, 5.41) is 0.861. The fourth-order valence-corrected chi connectivity index (χ4v) is 3.03. The largest absolute Gasteiger partial charge is 0.373 e. The second-order valence-corrected chi connectivity index (χ2v) is 5.93. The van der Waals surface area contributed by atoms with Gasteiger partial charge in [0.15, 0.2) is 0 Å². The van der Waals surface area contributed by atoms with Crippen molar-refractivity contribution in [2.24, 2.45) is 0 Å². The highest BCUT2D eigenvalue weighted by atomic mass is 79.9. The molecule has 1 fully saturated rings. The Balaban J connectivity index is 2.24. The molecule has 2 atom stereocenters. The summed E-state index contributed by atoms with van der Waals surface area (Å²) in [6, 6.07) is 2.46. The molecule has 0 bridgehead atoms. The molecule has 5 heteroatoms. The lowest BCUT2D eigenvalue weighted by atomic mass is 10.2. The molecule has 2 heterocycles. The van der Waals surface area contributed by atoms with Crippen LogP contribution in [0.3, 0.4) is 0 Å². The number of morpholine rings is 1. The number of hydrogen-bond donors (Lipinski definition) is 0. The summed E-state index contributed by atoms with van der Waals surface area (Å²) in [7, 11) is 0. The van der Waals surface area contributed by atoms with Gasteiger partial charge >= 0.3 is 0 Å². The zero-order valence-electron chi connectivity index (χ0n) is 9.99. The molecule has 1 aromatic rings. The van der Waals surface area contributed by atoms with E-state index >= 15 is 0 Å². The highest BCUT2D eigenvalue weighted by molar-refractivity contribution is 9.10. The predicted octanol–water partition coefficient (Wildman–Crippen LogP) is 3.14. The number of ether oxygens (including phenoxy) is 1. The minimum atomic E-state index is 0.237. The average Bonchev–Trinajstić information content (AvgIpc) is 2.30. The Bertz CT molecular complexity index is 400. The molecule has 0 aliphatic carbocycles. The van der Waals surface area contributed by atoms with Crippen LogP contribution in [0.1, 0.15) is 12.5 Å². The lowest BCUT2D eigenvalue weighted by Gasteiger charge is -2.38. The second kappa shape index (κ2) is 5.67. The van der Waals surface area contributed by atoms with Crippen LogP contribution >= 0.6 is 31.9 Å². The van der Waals surface area contributed by atoms with Crippen LogP contribution in [-0.2, 0) is 4.74 Å². The highest BCUT2D eigenvalue weighted by Gasteiger charge is 2.27. The average molecular weight is 364 g/mol. The number of alkyl halides is 1. The van der Waals surface area contributed by atoms with E-state index < -0.39 is 0 Å². The SMILES string of the molecule is Cc1cnc(N2CC(CBr)OCC2C)c(Br)c1. The van der Waals surface area contributed by atoms with Crippen LogP contribution in [0.5, 0.6) is 0 Å². The topological polar surface area (TPSA) is 25.4 Å². The van der Waals surface area contributed by atoms with Crippen molar-refractivity contribution >= 4 is 37.7 Å². The summed E-state index contributed by atoms with van der Waals surface area (Å²) in [4.78, 5) is 6.83. The molecule has 1 aliphatic heterocycles. The monoisotopic (exact) mass is 362 g/mol. The molecule has 1 saturated heterocycles. The Kier molecular flexibility index (Phi) is 4.44. The normalized spacial score (nSPS) is 25.1. The number of anilines is 1. The van der Waals surface area contributed by atoms with Crippen molar-refractivity contribution < 1.29 is 4.74 Å². The lowest BCUT2D eigenvalue weighted by molar-refractivity contribution is 0.0376. The van der Waals surface area contributed by atoms with Gasteiger partial charge in [-0.05, 0) is 41.4 Å². The van der Waals surface area contributed by atoms with E-state index in [0.717, 1.165) is 28.8 Å². The quantitative estimate of drug-likeness (QED) is 0.755. The number of aryl methyl sites for hydroxylation is 1. The third-order valence-corrected chi connectivity index (χ3v) is 4.21. The molecule has 2 unspecified atom stereocenters. The smallest absolute Gasteiger partial charge is 0.143 e. The Morgan fingerprint density at radius 1 is 1.59 bits per heavy atom. The van der Waals surface area contributed by atoms with Gasteiger partial charge in [-0.15, -0.1) is 0 Å². The van der Waals surface area contributed by atoms with Crippen molar-refractivity contribution in [1.82, 2.24) is 4.98 Å². The van der Waals surface area contributed by atoms with E-state index in [1.54, 1.807) is 0 Å². The first kappa shape index (κ1) is 13.3. The minimum absolute atomic E-state index is 0.237. The fourth-order valence-electron chi connectivity index (χ4n) is 1.94. The van der Waals surface area contributed by atoms with Crippen LogP contribution in [-0.4, -0.2) is 35.6 Å². The van der Waals surface area contributed by atoms with E-state index in [1.807, 2.05) is 13.1 Å². The van der Waals surface area contributed by atoms with Crippen LogP contribution in [0.15, 0.2) is 16.7 Å². The van der Waals surface area contributed by atoms with Gasteiger partial charge in [-0.25, -0.2) is 4.98 Å². The van der Waals surface area contributed by atoms with Gasteiger partial charge in [0.2, 0.25) is 0 Å². The van der Waals surface area contributed by atoms with E-state index in [-0.39, 0.29) is 6.10 Å². The van der Waals surface area contributed by atoms with Gasteiger partial charge < -0.3 is 9.64 Å². The number of halogens is 2. The molecule has 0 amide bonds. The fraction of sp³-hybridized carbons (Fsp3) is 0.583. The first-order chi connectivity index (χ1) is 8.11. The zero-order chi connectivity index (χ0) is 12.4. The van der Waals surface area contributed by atoms with Crippen LogP contribution < -0.4 is 4.90 Å². The van der Waals surface area contributed by atoms with Gasteiger partial charge in [0, 0.05) is 18.1 Å². The molecule has 0 aromatic carbocycles. The van der Waals surface area contributed by atoms with Crippen LogP contribution in [0.25, 0.3) is 0 Å². The van der Waals surface area contributed by atoms with Crippen molar-refractivity contribution in [3.8, 4) is 0 Å². The minimum Gasteiger partial charge on any atom is -0.373 e. The summed E-state index contributed by atoms with van der Waals surface area (Å²) < 4.78 is 6.78. The Morgan fingerprint density at radius 3 is 3.00 bits per heavy atom. The predicted molar refractivity (Wildman–Crippen MR) is 77.0 cm³/mol. The number of rotatable bonds is 2. The number of aromatic nitrogens is 1. The van der Waals surface area contributed by atoms with E-state index in [2.05, 4.69) is 54.7 Å². The van der Waals surface area contributed by atoms with Gasteiger partial charge in [0.25, 0.3) is 0 Å². The van der Waals surface area contributed by atoms with Gasteiger partial charge in [0.05, 0.1) is 23.2 Å². The maximum absolute atomic E-state index is 5.72. The molecule has 2 rings (SSSR count). The Hall–Kier alpha value is -0.130. The molecular formula is C12H16Br2N2O. The van der Waals surface area contributed by atoms with Gasteiger partial charge in [0.1, 0.15) is 5.82 Å². The van der Waals surface area contributed by atoms with Crippen LogP contribution in [0.4, 0.5) is 5.82 Å². The first-order valence-electron chi connectivity index (χ1n) is 5.68. The Morgan fingerprint density at radius 2 is 2.35 bits per heavy atom. The molecule has 1 aromatic heterocycles. The van der Waals surface area contributed by atoms with Crippen molar-refractivity contribution in [3.63, 3.8) is 0 Å². The standard InChI is InChI=1S/C12H16Br2N2O/c1-8-3-11(14)12(15-5-8)16-6-10(4-13)17-7-9(16)2/h3,5,9-10H,4,6-7H2,1-2H3. The zero-order valence-corrected chi connectivity index (χ0v) is 13.2. The third-order valence-electron chi connectivity index (χ3n) is 2.91. The summed E-state index contributed by atoms with van der Waals surface area (Å²) in [5.74, 6) is 1.01. The maximum atomic E-state index is 5.72. The molecule has 1 aliphatic rings. The van der Waals surface area contributed by atoms with E-state index in [1.165, 1.54) is 5.56 Å². The molecule has 0 N–H and O–H groups in total. The van der Waals surface area contributed by atoms with Crippen LogP contribution in [0.2, 0.25) is 0 Å². The summed E-state index contributed by atoms with van der Waals surface area (Å²) in [6.45, 7) is 5.84. The molecule has 3 nitrogen and oxygen atoms in total. The molecular weight excluding hydrogens is 348 g/mol. The summed E-state index contributed by atoms with van der Waals surface area (Å²) in [5.41, 5.74) is 1.17. The van der Waals surface area contributed by atoms with Crippen molar-refractivity contribution in [1.29, 1.82) is 0 Å². The van der Waals surface area contributed by atoms with Crippen LogP contribution in [0, 0.1) is 6.92 Å². The molecule has 0 saturated carbocycles. The van der Waals surface area contributed by atoms with Crippen molar-refractivity contribution in [2.75, 3.05) is 23.4 Å². The molecule has 94 valence electrons. The van der Waals surface area contributed by atoms with Gasteiger partial charge in [-0.1, -0.05) is 15.9 Å². The first-order valence-corrected chi connectivity index (χ1v) is 7.59. The van der Waals surface area contributed by atoms with Crippen molar-refractivity contribution in [2.45, 2.75) is 26.0 Å². The van der Waals surface area contributed by atoms with E-state index in [0.29, 0.717) is 6.04 Å². The molecule has 0 spiro atoms. The number of hydrogen-bond acceptors (Lipinski definition) is 3. The second-order valence-electron chi connectivity index (χ2n) is 4.43. The summed E-state index contributed by atoms with van der Waals surface area (Å²) in [6.07, 6.45) is 2.15. The van der Waals surface area contributed by atoms with E-state index in [4.69, 9.17) is 4.74 Å². The van der Waals surface area contributed by atoms with Crippen molar-refractivity contribution in [3.05, 3.63) is 22.3 Å². The van der Waals surface area contributed by atoms with Gasteiger partial charge in [-0.3, -0.25) is 0 Å². The lowest BCUT2D eigenvalue weighted by Crippen LogP contribution is -2.49. The number of pyridine rings is 1. The Labute approximate surface area is 119 Å². The molecule has 0 radical (unpaired) electrons.